The minimum absolute atomic E-state index is 0.0222. The SMILES string of the molecule is COc1cc(Br)cc(C(=O)O)c1OCC(=O)N(CCc1c[nH]c2ccccc12)Cc1ccccc1C. The first-order chi connectivity index (χ1) is 17.4. The quantitative estimate of drug-likeness (QED) is 0.268. The zero-order chi connectivity index (χ0) is 25.7. The Bertz CT molecular complexity index is 1400. The molecule has 4 rings (SSSR count). The van der Waals surface area contributed by atoms with Gasteiger partial charge in [-0.15, -0.1) is 0 Å². The van der Waals surface area contributed by atoms with Crippen LogP contribution in [0.15, 0.2) is 71.3 Å². The van der Waals surface area contributed by atoms with Crippen LogP contribution in [-0.4, -0.2) is 47.1 Å². The largest absolute Gasteiger partial charge is 0.493 e. The predicted octanol–water partition coefficient (Wildman–Crippen LogP) is 5.60. The minimum atomic E-state index is -1.17. The molecule has 0 radical (unpaired) electrons. The molecule has 8 heteroatoms. The summed E-state index contributed by atoms with van der Waals surface area (Å²) in [6, 6.07) is 19.0. The van der Waals surface area contributed by atoms with Gasteiger partial charge in [0.1, 0.15) is 5.56 Å². The van der Waals surface area contributed by atoms with Crippen LogP contribution in [0, 0.1) is 6.92 Å². The number of fused-ring (bicyclic) bond motifs is 1. The van der Waals surface area contributed by atoms with Crippen molar-refractivity contribution in [1.29, 1.82) is 0 Å². The van der Waals surface area contributed by atoms with E-state index in [1.807, 2.05) is 55.6 Å². The number of amides is 1. The number of carboxylic acids is 1. The molecule has 0 spiro atoms. The molecule has 0 saturated heterocycles. The zero-order valence-corrected chi connectivity index (χ0v) is 21.7. The van der Waals surface area contributed by atoms with E-state index in [1.54, 1.807) is 11.0 Å². The first-order valence-electron chi connectivity index (χ1n) is 11.5. The van der Waals surface area contributed by atoms with Crippen LogP contribution in [0.4, 0.5) is 0 Å². The maximum Gasteiger partial charge on any atom is 0.339 e. The Morgan fingerprint density at radius 3 is 2.56 bits per heavy atom. The van der Waals surface area contributed by atoms with Crippen LogP contribution >= 0.6 is 15.9 Å². The topological polar surface area (TPSA) is 91.9 Å². The van der Waals surface area contributed by atoms with Crippen molar-refractivity contribution in [3.8, 4) is 11.5 Å². The molecule has 2 N–H and O–H groups in total. The summed E-state index contributed by atoms with van der Waals surface area (Å²) in [6.45, 7) is 2.58. The maximum absolute atomic E-state index is 13.4. The Kier molecular flexibility index (Phi) is 7.95. The average molecular weight is 551 g/mol. The first kappa shape index (κ1) is 25.3. The normalized spacial score (nSPS) is 10.9. The van der Waals surface area contributed by atoms with Gasteiger partial charge in [0, 0.05) is 34.7 Å². The lowest BCUT2D eigenvalue weighted by molar-refractivity contribution is -0.134. The Labute approximate surface area is 217 Å². The summed E-state index contributed by atoms with van der Waals surface area (Å²) in [5.74, 6) is -1.17. The van der Waals surface area contributed by atoms with E-state index in [2.05, 4.69) is 27.0 Å². The highest BCUT2D eigenvalue weighted by Crippen LogP contribution is 2.35. The summed E-state index contributed by atoms with van der Waals surface area (Å²) in [4.78, 5) is 30.2. The Morgan fingerprint density at radius 2 is 1.81 bits per heavy atom. The molecule has 7 nitrogen and oxygen atoms in total. The number of H-pyrrole nitrogens is 1. The number of aromatic amines is 1. The number of carboxylic acid groups (broad SMARTS) is 1. The molecule has 0 fully saturated rings. The number of nitrogens with one attached hydrogen (secondary N) is 1. The molecular formula is C28H27BrN2O5. The fraction of sp³-hybridized carbons (Fsp3) is 0.214. The van der Waals surface area contributed by atoms with E-state index in [9.17, 15) is 14.7 Å². The number of benzene rings is 3. The smallest absolute Gasteiger partial charge is 0.339 e. The molecule has 0 aliphatic rings. The molecule has 0 atom stereocenters. The van der Waals surface area contributed by atoms with E-state index in [1.165, 1.54) is 13.2 Å². The van der Waals surface area contributed by atoms with Gasteiger partial charge in [-0.3, -0.25) is 4.79 Å². The van der Waals surface area contributed by atoms with E-state index in [0.717, 1.165) is 27.6 Å². The molecule has 0 unspecified atom stereocenters. The van der Waals surface area contributed by atoms with Crippen molar-refractivity contribution in [2.24, 2.45) is 0 Å². The second kappa shape index (κ2) is 11.3. The standard InChI is InChI=1S/C28H27BrN2O5/c1-18-7-3-4-8-20(18)16-31(12-11-19-15-30-24-10-6-5-9-22(19)24)26(32)17-36-27-23(28(33)34)13-21(29)14-25(27)35-2/h3-10,13-15,30H,11-12,16-17H2,1-2H3,(H,33,34). The Balaban J connectivity index is 1.56. The fourth-order valence-electron chi connectivity index (χ4n) is 4.13. The van der Waals surface area contributed by atoms with Gasteiger partial charge >= 0.3 is 5.97 Å². The molecule has 0 aliphatic carbocycles. The third-order valence-corrected chi connectivity index (χ3v) is 6.57. The minimum Gasteiger partial charge on any atom is -0.493 e. The van der Waals surface area contributed by atoms with Crippen molar-refractivity contribution < 1.29 is 24.2 Å². The number of para-hydroxylation sites is 1. The number of rotatable bonds is 10. The van der Waals surface area contributed by atoms with Gasteiger partial charge in [-0.25, -0.2) is 4.79 Å². The van der Waals surface area contributed by atoms with E-state index in [-0.39, 0.29) is 29.6 Å². The van der Waals surface area contributed by atoms with Crippen LogP contribution in [0.25, 0.3) is 10.9 Å². The third-order valence-electron chi connectivity index (χ3n) is 6.11. The number of carbonyl (C=O) groups excluding carboxylic acids is 1. The van der Waals surface area contributed by atoms with Crippen molar-refractivity contribution in [2.45, 2.75) is 19.9 Å². The van der Waals surface area contributed by atoms with Gasteiger partial charge in [-0.05, 0) is 48.2 Å². The van der Waals surface area contributed by atoms with Crippen molar-refractivity contribution >= 4 is 38.7 Å². The summed E-state index contributed by atoms with van der Waals surface area (Å²) < 4.78 is 11.6. The molecule has 1 amide bonds. The van der Waals surface area contributed by atoms with Crippen LogP contribution in [-0.2, 0) is 17.8 Å². The molecule has 3 aromatic carbocycles. The van der Waals surface area contributed by atoms with Gasteiger partial charge < -0.3 is 24.5 Å². The molecule has 36 heavy (non-hydrogen) atoms. The van der Waals surface area contributed by atoms with E-state index in [0.29, 0.717) is 24.0 Å². The third kappa shape index (κ3) is 5.71. The van der Waals surface area contributed by atoms with Crippen molar-refractivity contribution in [1.82, 2.24) is 9.88 Å². The van der Waals surface area contributed by atoms with Gasteiger partial charge in [0.2, 0.25) is 0 Å². The van der Waals surface area contributed by atoms with E-state index >= 15 is 0 Å². The molecule has 0 saturated carbocycles. The van der Waals surface area contributed by atoms with Crippen molar-refractivity contribution in [2.75, 3.05) is 20.3 Å². The van der Waals surface area contributed by atoms with Crippen LogP contribution in [0.5, 0.6) is 11.5 Å². The monoisotopic (exact) mass is 550 g/mol. The number of carbonyl (C=O) groups is 2. The second-order valence-corrected chi connectivity index (χ2v) is 9.35. The number of aromatic carboxylic acids is 1. The Hall–Kier alpha value is -3.78. The van der Waals surface area contributed by atoms with Crippen LogP contribution in [0.3, 0.4) is 0 Å². The molecule has 186 valence electrons. The lowest BCUT2D eigenvalue weighted by Crippen LogP contribution is -2.36. The van der Waals surface area contributed by atoms with Crippen LogP contribution < -0.4 is 9.47 Å². The highest BCUT2D eigenvalue weighted by molar-refractivity contribution is 9.10. The van der Waals surface area contributed by atoms with E-state index in [4.69, 9.17) is 9.47 Å². The number of ether oxygens (including phenoxy) is 2. The van der Waals surface area contributed by atoms with Gasteiger partial charge in [0.25, 0.3) is 5.91 Å². The summed E-state index contributed by atoms with van der Waals surface area (Å²) in [5.41, 5.74) is 4.22. The maximum atomic E-state index is 13.4. The number of hydrogen-bond acceptors (Lipinski definition) is 4. The van der Waals surface area contributed by atoms with E-state index < -0.39 is 5.97 Å². The molecule has 0 bridgehead atoms. The number of nitrogens with zero attached hydrogens (tertiary/aromatic N) is 1. The number of methoxy groups -OCH3 is 1. The molecule has 0 aliphatic heterocycles. The highest BCUT2D eigenvalue weighted by Gasteiger charge is 2.22. The summed E-state index contributed by atoms with van der Waals surface area (Å²) in [6.07, 6.45) is 2.63. The summed E-state index contributed by atoms with van der Waals surface area (Å²) in [5, 5.41) is 10.8. The number of aryl methyl sites for hydroxylation is 1. The molecular weight excluding hydrogens is 524 g/mol. The zero-order valence-electron chi connectivity index (χ0n) is 20.1. The Morgan fingerprint density at radius 1 is 1.06 bits per heavy atom. The summed E-state index contributed by atoms with van der Waals surface area (Å²) in [7, 11) is 1.42. The molecule has 1 heterocycles. The van der Waals surface area contributed by atoms with Crippen molar-refractivity contribution in [3.63, 3.8) is 0 Å². The lowest BCUT2D eigenvalue weighted by atomic mass is 10.1. The average Bonchev–Trinajstić information content (AvgIpc) is 3.29. The fourth-order valence-corrected chi connectivity index (χ4v) is 4.57. The second-order valence-electron chi connectivity index (χ2n) is 8.43. The number of halogens is 1. The predicted molar refractivity (Wildman–Crippen MR) is 142 cm³/mol. The van der Waals surface area contributed by atoms with Gasteiger partial charge in [0.05, 0.1) is 7.11 Å². The highest BCUT2D eigenvalue weighted by atomic mass is 79.9. The van der Waals surface area contributed by atoms with Gasteiger partial charge in [0.15, 0.2) is 18.1 Å². The van der Waals surface area contributed by atoms with Crippen molar-refractivity contribution in [3.05, 3.63) is 93.6 Å². The number of hydrogen-bond donors (Lipinski definition) is 2. The molecule has 4 aromatic rings. The lowest BCUT2D eigenvalue weighted by Gasteiger charge is -2.24. The summed E-state index contributed by atoms with van der Waals surface area (Å²) >= 11 is 3.28. The van der Waals surface area contributed by atoms with Crippen LogP contribution in [0.1, 0.15) is 27.0 Å². The van der Waals surface area contributed by atoms with Gasteiger partial charge in [-0.2, -0.15) is 0 Å². The molecule has 1 aromatic heterocycles. The first-order valence-corrected chi connectivity index (χ1v) is 12.3. The van der Waals surface area contributed by atoms with Gasteiger partial charge in [-0.1, -0.05) is 58.4 Å². The number of aromatic nitrogens is 1. The van der Waals surface area contributed by atoms with Crippen LogP contribution in [0.2, 0.25) is 0 Å².